The van der Waals surface area contributed by atoms with E-state index < -0.39 is 20.0 Å². The molecular formula is C26H28Br2N4O4S4. The van der Waals surface area contributed by atoms with Gasteiger partial charge in [0, 0.05) is 48.1 Å². The fourth-order valence-electron chi connectivity index (χ4n) is 4.76. The highest BCUT2D eigenvalue weighted by atomic mass is 79.9. The van der Waals surface area contributed by atoms with Crippen molar-refractivity contribution in [3.8, 4) is 32.5 Å². The number of hydrogen-bond donors (Lipinski definition) is 0. The second kappa shape index (κ2) is 12.8. The number of benzene rings is 2. The molecule has 0 spiro atoms. The lowest BCUT2D eigenvalue weighted by atomic mass is 10.2. The second-order valence-corrected chi connectivity index (χ2v) is 14.9. The molecule has 0 unspecified atom stereocenters. The van der Waals surface area contributed by atoms with Gasteiger partial charge in [0.25, 0.3) is 0 Å². The maximum atomic E-state index is 12.8. The molecule has 14 heteroatoms. The lowest BCUT2D eigenvalue weighted by molar-refractivity contribution is 0.476. The van der Waals surface area contributed by atoms with Crippen LogP contribution in [0.5, 0.6) is 0 Å². The second-order valence-electron chi connectivity index (χ2n) is 9.35. The zero-order chi connectivity index (χ0) is 26.3. The molecule has 8 nitrogen and oxygen atoms in total. The summed E-state index contributed by atoms with van der Waals surface area (Å²) < 4.78 is 54.3. The van der Waals surface area contributed by atoms with Gasteiger partial charge in [0.2, 0.25) is 20.0 Å². The highest BCUT2D eigenvalue weighted by molar-refractivity contribution is 8.93. The van der Waals surface area contributed by atoms with Crippen LogP contribution in [0.15, 0.2) is 69.1 Å². The zero-order valence-electron chi connectivity index (χ0n) is 21.3. The lowest BCUT2D eigenvalue weighted by Crippen LogP contribution is -2.27. The quantitative estimate of drug-likeness (QED) is 0.219. The van der Waals surface area contributed by atoms with E-state index in [1.807, 2.05) is 10.8 Å². The molecule has 4 aromatic rings. The molecule has 2 aromatic carbocycles. The van der Waals surface area contributed by atoms with E-state index in [1.54, 1.807) is 57.1 Å². The molecule has 2 fully saturated rings. The van der Waals surface area contributed by atoms with Crippen molar-refractivity contribution in [3.63, 3.8) is 0 Å². The molecule has 2 aliphatic rings. The van der Waals surface area contributed by atoms with Crippen LogP contribution in [0.2, 0.25) is 0 Å². The van der Waals surface area contributed by atoms with Gasteiger partial charge in [0.1, 0.15) is 0 Å². The molecule has 0 radical (unpaired) electrons. The first-order chi connectivity index (χ1) is 18.3. The Morgan fingerprint density at radius 1 is 0.550 bits per heavy atom. The SMILES string of the molecule is Br.Br.O=S(=O)(c1ccc(-c2csc(-c3nc(-c4ccc(S(=O)(=O)N5CCCC5)cc4)cs3)n2)cc1)N1CCCC1. The Hall–Kier alpha value is -1.52. The fourth-order valence-corrected chi connectivity index (χ4v) is 9.50. The van der Waals surface area contributed by atoms with Crippen LogP contribution in [-0.2, 0) is 20.0 Å². The summed E-state index contributed by atoms with van der Waals surface area (Å²) in [5.41, 5.74) is 3.23. The highest BCUT2D eigenvalue weighted by Gasteiger charge is 2.28. The summed E-state index contributed by atoms with van der Waals surface area (Å²) in [7, 11) is -6.89. The highest BCUT2D eigenvalue weighted by Crippen LogP contribution is 2.34. The zero-order valence-corrected chi connectivity index (χ0v) is 28.0. The molecule has 0 aliphatic carbocycles. The summed E-state index contributed by atoms with van der Waals surface area (Å²) in [6.07, 6.45) is 3.62. The van der Waals surface area contributed by atoms with E-state index in [-0.39, 0.29) is 34.0 Å². The van der Waals surface area contributed by atoms with Gasteiger partial charge in [-0.3, -0.25) is 0 Å². The van der Waals surface area contributed by atoms with Gasteiger partial charge in [-0.15, -0.1) is 56.6 Å². The van der Waals surface area contributed by atoms with Gasteiger partial charge >= 0.3 is 0 Å². The van der Waals surface area contributed by atoms with Crippen LogP contribution in [0.4, 0.5) is 0 Å². The van der Waals surface area contributed by atoms with E-state index in [9.17, 15) is 16.8 Å². The molecule has 0 amide bonds. The number of nitrogens with zero attached hydrogens (tertiary/aromatic N) is 4. The van der Waals surface area contributed by atoms with E-state index in [4.69, 9.17) is 9.97 Å². The monoisotopic (exact) mass is 746 g/mol. The number of rotatable bonds is 7. The van der Waals surface area contributed by atoms with Gasteiger partial charge in [0.05, 0.1) is 21.2 Å². The normalized spacial score (nSPS) is 16.5. The van der Waals surface area contributed by atoms with Crippen LogP contribution in [0.1, 0.15) is 25.7 Å². The van der Waals surface area contributed by atoms with Crippen molar-refractivity contribution in [2.24, 2.45) is 0 Å². The Balaban J connectivity index is 0.00000185. The summed E-state index contributed by atoms with van der Waals surface area (Å²) in [6, 6.07) is 13.8. The third kappa shape index (κ3) is 6.14. The molecule has 0 bridgehead atoms. The van der Waals surface area contributed by atoms with E-state index in [2.05, 4.69) is 0 Å². The third-order valence-electron chi connectivity index (χ3n) is 6.90. The van der Waals surface area contributed by atoms with Gasteiger partial charge in [0.15, 0.2) is 10.0 Å². The topological polar surface area (TPSA) is 101 Å². The molecule has 0 N–H and O–H groups in total. The molecule has 2 saturated heterocycles. The largest absolute Gasteiger partial charge is 0.243 e. The van der Waals surface area contributed by atoms with Gasteiger partial charge in [-0.05, 0) is 49.9 Å². The van der Waals surface area contributed by atoms with E-state index >= 15 is 0 Å². The van der Waals surface area contributed by atoms with Crippen LogP contribution in [-0.4, -0.2) is 61.6 Å². The van der Waals surface area contributed by atoms with Crippen LogP contribution >= 0.6 is 56.6 Å². The Labute approximate surface area is 263 Å². The van der Waals surface area contributed by atoms with Crippen molar-refractivity contribution >= 4 is 76.7 Å². The van der Waals surface area contributed by atoms with Gasteiger partial charge in [-0.2, -0.15) is 8.61 Å². The van der Waals surface area contributed by atoms with Crippen molar-refractivity contribution in [2.75, 3.05) is 26.2 Å². The minimum Gasteiger partial charge on any atom is -0.233 e. The van der Waals surface area contributed by atoms with Crippen LogP contribution in [0, 0.1) is 0 Å². The Kier molecular flexibility index (Phi) is 10.0. The molecule has 2 aromatic heterocycles. The van der Waals surface area contributed by atoms with Gasteiger partial charge in [-0.25, -0.2) is 26.8 Å². The fraction of sp³-hybridized carbons (Fsp3) is 0.308. The van der Waals surface area contributed by atoms with E-state index in [1.165, 1.54) is 22.7 Å². The first-order valence-electron chi connectivity index (χ1n) is 12.4. The van der Waals surface area contributed by atoms with Crippen molar-refractivity contribution in [1.29, 1.82) is 0 Å². The first kappa shape index (κ1) is 31.4. The Morgan fingerprint density at radius 2 is 0.875 bits per heavy atom. The summed E-state index contributed by atoms with van der Waals surface area (Å²) in [5.74, 6) is 0. The summed E-state index contributed by atoms with van der Waals surface area (Å²) >= 11 is 2.96. The summed E-state index contributed by atoms with van der Waals surface area (Å²) in [6.45, 7) is 2.32. The van der Waals surface area contributed by atoms with Gasteiger partial charge in [-0.1, -0.05) is 24.3 Å². The van der Waals surface area contributed by atoms with Crippen molar-refractivity contribution in [1.82, 2.24) is 18.6 Å². The molecule has 6 rings (SSSR count). The van der Waals surface area contributed by atoms with Crippen molar-refractivity contribution < 1.29 is 16.8 Å². The summed E-state index contributed by atoms with van der Waals surface area (Å²) in [5, 5.41) is 5.44. The molecule has 4 heterocycles. The van der Waals surface area contributed by atoms with Crippen LogP contribution < -0.4 is 0 Å². The summed E-state index contributed by atoms with van der Waals surface area (Å²) in [4.78, 5) is 10.1. The number of thiazole rings is 2. The maximum Gasteiger partial charge on any atom is 0.243 e. The molecule has 0 saturated carbocycles. The molecular weight excluding hydrogens is 720 g/mol. The molecule has 0 atom stereocenters. The molecule has 40 heavy (non-hydrogen) atoms. The predicted octanol–water partition coefficient (Wildman–Crippen LogP) is 6.33. The van der Waals surface area contributed by atoms with Crippen molar-refractivity contribution in [3.05, 3.63) is 59.3 Å². The maximum absolute atomic E-state index is 12.8. The Morgan fingerprint density at radius 3 is 1.20 bits per heavy atom. The van der Waals surface area contributed by atoms with Crippen LogP contribution in [0.3, 0.4) is 0 Å². The molecule has 214 valence electrons. The smallest absolute Gasteiger partial charge is 0.233 e. The number of aromatic nitrogens is 2. The van der Waals surface area contributed by atoms with Crippen LogP contribution in [0.25, 0.3) is 32.5 Å². The Bertz CT molecular complexity index is 1530. The minimum absolute atomic E-state index is 0. The third-order valence-corrected chi connectivity index (χ3v) is 12.6. The number of halogens is 2. The average Bonchev–Trinajstić information content (AvgIpc) is 3.76. The first-order valence-corrected chi connectivity index (χ1v) is 17.1. The lowest BCUT2D eigenvalue weighted by Gasteiger charge is -2.15. The minimum atomic E-state index is -3.44. The van der Waals surface area contributed by atoms with E-state index in [0.717, 1.165) is 58.2 Å². The predicted molar refractivity (Wildman–Crippen MR) is 171 cm³/mol. The molecule has 2 aliphatic heterocycles. The number of hydrogen-bond acceptors (Lipinski definition) is 8. The number of sulfonamides is 2. The van der Waals surface area contributed by atoms with Gasteiger partial charge < -0.3 is 0 Å². The standard InChI is InChI=1S/C26H26N4O4S4.2BrH/c31-37(32,29-13-1-2-14-29)21-9-5-19(6-10-21)23-17-35-25(27-23)26-28-24(18-36-26)20-7-11-22(12-8-20)38(33,34)30-15-3-4-16-30;;/h5-12,17-18H,1-4,13-16H2;2*1H. The van der Waals surface area contributed by atoms with Crippen molar-refractivity contribution in [2.45, 2.75) is 35.5 Å². The average molecular weight is 749 g/mol. The van der Waals surface area contributed by atoms with E-state index in [0.29, 0.717) is 36.0 Å².